The number of carbonyl (C=O) groups is 2. The van der Waals surface area contributed by atoms with Gasteiger partial charge in [0.2, 0.25) is 5.91 Å². The first-order valence-electron chi connectivity index (χ1n) is 5.25. The summed E-state index contributed by atoms with van der Waals surface area (Å²) in [5.74, 6) is -0.869. The third-order valence-electron chi connectivity index (χ3n) is 2.75. The molecule has 1 rings (SSSR count). The van der Waals surface area contributed by atoms with E-state index in [1.165, 1.54) is 4.90 Å². The lowest BCUT2D eigenvalue weighted by molar-refractivity contribution is -0.148. The van der Waals surface area contributed by atoms with Gasteiger partial charge in [0.1, 0.15) is 6.04 Å². The topological polar surface area (TPSA) is 57.6 Å². The van der Waals surface area contributed by atoms with Crippen LogP contribution in [0.4, 0.5) is 0 Å². The van der Waals surface area contributed by atoms with E-state index in [9.17, 15) is 9.59 Å². The summed E-state index contributed by atoms with van der Waals surface area (Å²) in [6.45, 7) is 6.05. The van der Waals surface area contributed by atoms with E-state index in [0.717, 1.165) is 6.42 Å². The maximum Gasteiger partial charge on any atom is 0.326 e. The van der Waals surface area contributed by atoms with Crippen LogP contribution in [0, 0.1) is 5.92 Å². The summed E-state index contributed by atoms with van der Waals surface area (Å²) in [6, 6.07) is -0.660. The van der Waals surface area contributed by atoms with Gasteiger partial charge in [-0.1, -0.05) is 19.4 Å². The Balaban J connectivity index is 2.72. The zero-order chi connectivity index (χ0) is 11.4. The predicted molar refractivity (Wildman–Crippen MR) is 56.3 cm³/mol. The Morgan fingerprint density at radius 1 is 1.80 bits per heavy atom. The van der Waals surface area contributed by atoms with Gasteiger partial charge >= 0.3 is 5.97 Å². The van der Waals surface area contributed by atoms with Crippen LogP contribution >= 0.6 is 0 Å². The predicted octanol–water partition coefficient (Wildman–Crippen LogP) is 1.27. The van der Waals surface area contributed by atoms with Gasteiger partial charge in [-0.15, -0.1) is 6.58 Å². The molecular formula is C11H17NO3. The lowest BCUT2D eigenvalue weighted by atomic mass is 10.1. The van der Waals surface area contributed by atoms with Crippen LogP contribution in [0.5, 0.6) is 0 Å². The average Bonchev–Trinajstić information content (AvgIpc) is 2.55. The molecular weight excluding hydrogens is 194 g/mol. The van der Waals surface area contributed by atoms with Crippen LogP contribution in [0.3, 0.4) is 0 Å². The number of carboxylic acid groups (broad SMARTS) is 1. The number of hydrogen-bond donors (Lipinski definition) is 1. The maximum atomic E-state index is 11.6. The quantitative estimate of drug-likeness (QED) is 0.697. The standard InChI is InChI=1S/C11H17NO3/c1-3-5-9(11(14)15)12-7-8(4-2)6-10(12)13/h4,8-9H,2-3,5-7H2,1H3,(H,14,15). The smallest absolute Gasteiger partial charge is 0.326 e. The van der Waals surface area contributed by atoms with Crippen LogP contribution in [0.15, 0.2) is 12.7 Å². The number of amides is 1. The molecule has 2 unspecified atom stereocenters. The third-order valence-corrected chi connectivity index (χ3v) is 2.75. The van der Waals surface area contributed by atoms with Crippen molar-refractivity contribution in [3.8, 4) is 0 Å². The minimum absolute atomic E-state index is 0.0687. The highest BCUT2D eigenvalue weighted by Crippen LogP contribution is 2.22. The summed E-state index contributed by atoms with van der Waals surface area (Å²) in [7, 11) is 0. The van der Waals surface area contributed by atoms with Crippen molar-refractivity contribution in [2.75, 3.05) is 6.54 Å². The van der Waals surface area contributed by atoms with Crippen molar-refractivity contribution in [1.29, 1.82) is 0 Å². The summed E-state index contributed by atoms with van der Waals surface area (Å²) in [4.78, 5) is 24.0. The van der Waals surface area contributed by atoms with Crippen molar-refractivity contribution < 1.29 is 14.7 Å². The normalized spacial score (nSPS) is 22.9. The van der Waals surface area contributed by atoms with Crippen molar-refractivity contribution in [3.05, 3.63) is 12.7 Å². The highest BCUT2D eigenvalue weighted by Gasteiger charge is 2.35. The van der Waals surface area contributed by atoms with Crippen molar-refractivity contribution >= 4 is 11.9 Å². The van der Waals surface area contributed by atoms with Crippen molar-refractivity contribution in [3.63, 3.8) is 0 Å². The molecule has 1 aliphatic heterocycles. The van der Waals surface area contributed by atoms with Gasteiger partial charge in [-0.3, -0.25) is 4.79 Å². The van der Waals surface area contributed by atoms with Crippen LogP contribution in [0.1, 0.15) is 26.2 Å². The summed E-state index contributed by atoms with van der Waals surface area (Å²) in [6.07, 6.45) is 3.41. The number of rotatable bonds is 5. The molecule has 0 aliphatic carbocycles. The molecule has 4 nitrogen and oxygen atoms in total. The highest BCUT2D eigenvalue weighted by atomic mass is 16.4. The minimum Gasteiger partial charge on any atom is -0.480 e. The number of nitrogens with zero attached hydrogens (tertiary/aromatic N) is 1. The number of aliphatic carboxylic acids is 1. The zero-order valence-electron chi connectivity index (χ0n) is 8.98. The highest BCUT2D eigenvalue weighted by molar-refractivity contribution is 5.85. The molecule has 2 atom stereocenters. The maximum absolute atomic E-state index is 11.6. The summed E-state index contributed by atoms with van der Waals surface area (Å²) >= 11 is 0. The molecule has 1 amide bonds. The Bertz CT molecular complexity index is 275. The number of carbonyl (C=O) groups excluding carboxylic acids is 1. The second kappa shape index (κ2) is 4.96. The molecule has 0 saturated carbocycles. The zero-order valence-corrected chi connectivity index (χ0v) is 8.98. The Hall–Kier alpha value is -1.32. The molecule has 1 fully saturated rings. The van der Waals surface area contributed by atoms with Crippen LogP contribution in [-0.4, -0.2) is 34.5 Å². The van der Waals surface area contributed by atoms with E-state index in [1.54, 1.807) is 6.08 Å². The third kappa shape index (κ3) is 2.58. The number of hydrogen-bond acceptors (Lipinski definition) is 2. The molecule has 0 aromatic rings. The first-order chi connectivity index (χ1) is 7.10. The second-order valence-corrected chi connectivity index (χ2v) is 3.89. The summed E-state index contributed by atoms with van der Waals surface area (Å²) < 4.78 is 0. The Kier molecular flexibility index (Phi) is 3.88. The van der Waals surface area contributed by atoms with Crippen molar-refractivity contribution in [1.82, 2.24) is 4.90 Å². The summed E-state index contributed by atoms with van der Waals surface area (Å²) in [5.41, 5.74) is 0. The molecule has 1 heterocycles. The minimum atomic E-state index is -0.907. The van der Waals surface area contributed by atoms with Gasteiger partial charge in [0.15, 0.2) is 0 Å². The van der Waals surface area contributed by atoms with E-state index in [2.05, 4.69) is 6.58 Å². The second-order valence-electron chi connectivity index (χ2n) is 3.89. The molecule has 0 spiro atoms. The fourth-order valence-electron chi connectivity index (χ4n) is 1.91. The van der Waals surface area contributed by atoms with Gasteiger partial charge in [0, 0.05) is 18.9 Å². The van der Waals surface area contributed by atoms with Crippen molar-refractivity contribution in [2.45, 2.75) is 32.2 Å². The van der Waals surface area contributed by atoms with E-state index in [4.69, 9.17) is 5.11 Å². The molecule has 0 bridgehead atoms. The van der Waals surface area contributed by atoms with Gasteiger partial charge in [0.25, 0.3) is 0 Å². The Morgan fingerprint density at radius 2 is 2.47 bits per heavy atom. The molecule has 0 aromatic carbocycles. The molecule has 0 aromatic heterocycles. The Morgan fingerprint density at radius 3 is 2.87 bits per heavy atom. The van der Waals surface area contributed by atoms with Gasteiger partial charge < -0.3 is 10.0 Å². The van der Waals surface area contributed by atoms with E-state index < -0.39 is 12.0 Å². The fraction of sp³-hybridized carbons (Fsp3) is 0.636. The fourth-order valence-corrected chi connectivity index (χ4v) is 1.91. The van der Waals surface area contributed by atoms with Gasteiger partial charge in [0.05, 0.1) is 0 Å². The first-order valence-corrected chi connectivity index (χ1v) is 5.25. The number of carboxylic acids is 1. The van der Waals surface area contributed by atoms with E-state index in [-0.39, 0.29) is 11.8 Å². The molecule has 0 radical (unpaired) electrons. The van der Waals surface area contributed by atoms with Crippen LogP contribution < -0.4 is 0 Å². The number of likely N-dealkylation sites (tertiary alicyclic amines) is 1. The average molecular weight is 211 g/mol. The van der Waals surface area contributed by atoms with E-state index in [0.29, 0.717) is 19.4 Å². The van der Waals surface area contributed by atoms with Gasteiger partial charge in [-0.25, -0.2) is 4.79 Å². The molecule has 15 heavy (non-hydrogen) atoms. The molecule has 4 heteroatoms. The SMILES string of the molecule is C=CC1CC(=O)N(C(CCC)C(=O)O)C1. The van der Waals surface area contributed by atoms with E-state index in [1.807, 2.05) is 6.92 Å². The van der Waals surface area contributed by atoms with Crippen LogP contribution in [-0.2, 0) is 9.59 Å². The lowest BCUT2D eigenvalue weighted by Crippen LogP contribution is -2.42. The molecule has 84 valence electrons. The summed E-state index contributed by atoms with van der Waals surface area (Å²) in [5, 5.41) is 9.02. The first kappa shape index (κ1) is 11.8. The van der Waals surface area contributed by atoms with Crippen LogP contribution in [0.2, 0.25) is 0 Å². The van der Waals surface area contributed by atoms with Gasteiger partial charge in [-0.05, 0) is 6.42 Å². The van der Waals surface area contributed by atoms with E-state index >= 15 is 0 Å². The molecule has 1 N–H and O–H groups in total. The largest absolute Gasteiger partial charge is 0.480 e. The van der Waals surface area contributed by atoms with Gasteiger partial charge in [-0.2, -0.15) is 0 Å². The molecule has 1 saturated heterocycles. The Labute approximate surface area is 89.6 Å². The van der Waals surface area contributed by atoms with Crippen LogP contribution in [0.25, 0.3) is 0 Å². The lowest BCUT2D eigenvalue weighted by Gasteiger charge is -2.23. The molecule has 1 aliphatic rings. The monoisotopic (exact) mass is 211 g/mol. The van der Waals surface area contributed by atoms with Crippen molar-refractivity contribution in [2.24, 2.45) is 5.92 Å².